The van der Waals surface area contributed by atoms with Crippen LogP contribution in [0.4, 0.5) is 21.9 Å². The summed E-state index contributed by atoms with van der Waals surface area (Å²) in [6, 6.07) is 14.7. The van der Waals surface area contributed by atoms with E-state index < -0.39 is 0 Å². The first-order valence-electron chi connectivity index (χ1n) is 11.2. The lowest BCUT2D eigenvalue weighted by Crippen LogP contribution is -2.27. The number of urea groups is 1. The van der Waals surface area contributed by atoms with Crippen molar-refractivity contribution in [1.82, 2.24) is 10.3 Å². The van der Waals surface area contributed by atoms with Crippen molar-refractivity contribution in [2.45, 2.75) is 33.2 Å². The lowest BCUT2D eigenvalue weighted by molar-refractivity contribution is 0.0951. The average molecular weight is 444 g/mol. The van der Waals surface area contributed by atoms with Gasteiger partial charge in [0.1, 0.15) is 0 Å². The van der Waals surface area contributed by atoms with Crippen molar-refractivity contribution < 1.29 is 9.59 Å². The molecular weight excluding hydrogens is 414 g/mol. The molecule has 33 heavy (non-hydrogen) atoms. The van der Waals surface area contributed by atoms with Gasteiger partial charge in [0.2, 0.25) is 0 Å². The van der Waals surface area contributed by atoms with E-state index in [1.165, 1.54) is 5.56 Å². The standard InChI is InChI=1S/C26H29N5O2/c1-18-7-8-21(14-19(18)2)29-26(33)30-22-9-10-24(31-12-3-4-13-31)23(15-22)25(32)28-17-20-6-5-11-27-16-20/h5-11,14-16H,3-4,12-13,17H2,1-2H3,(H,28,32)(H2,29,30,33). The number of benzene rings is 2. The zero-order valence-electron chi connectivity index (χ0n) is 19.0. The van der Waals surface area contributed by atoms with E-state index in [4.69, 9.17) is 0 Å². The third kappa shape index (κ3) is 5.68. The second-order valence-corrected chi connectivity index (χ2v) is 8.35. The van der Waals surface area contributed by atoms with Crippen LogP contribution in [0.15, 0.2) is 60.9 Å². The Morgan fingerprint density at radius 1 is 0.939 bits per heavy atom. The molecule has 1 aliphatic heterocycles. The van der Waals surface area contributed by atoms with Crippen molar-refractivity contribution in [2.24, 2.45) is 0 Å². The molecule has 7 nitrogen and oxygen atoms in total. The molecule has 7 heteroatoms. The number of hydrogen-bond donors (Lipinski definition) is 3. The molecule has 0 bridgehead atoms. The van der Waals surface area contributed by atoms with Gasteiger partial charge in [0, 0.05) is 49.1 Å². The van der Waals surface area contributed by atoms with E-state index >= 15 is 0 Å². The lowest BCUT2D eigenvalue weighted by atomic mass is 10.1. The number of aryl methyl sites for hydroxylation is 2. The van der Waals surface area contributed by atoms with Gasteiger partial charge >= 0.3 is 6.03 Å². The molecular formula is C26H29N5O2. The first-order valence-corrected chi connectivity index (χ1v) is 11.2. The molecule has 0 aliphatic carbocycles. The summed E-state index contributed by atoms with van der Waals surface area (Å²) in [4.78, 5) is 32.0. The molecule has 1 fully saturated rings. The number of hydrogen-bond acceptors (Lipinski definition) is 4. The molecule has 4 rings (SSSR count). The van der Waals surface area contributed by atoms with Crippen molar-refractivity contribution in [3.63, 3.8) is 0 Å². The topological polar surface area (TPSA) is 86.4 Å². The van der Waals surface area contributed by atoms with Gasteiger partial charge in [-0.1, -0.05) is 12.1 Å². The Hall–Kier alpha value is -3.87. The van der Waals surface area contributed by atoms with E-state index in [0.29, 0.717) is 17.8 Å². The molecule has 0 spiro atoms. The van der Waals surface area contributed by atoms with Crippen molar-refractivity contribution in [3.05, 3.63) is 83.2 Å². The Labute approximate surface area is 194 Å². The number of anilines is 3. The number of nitrogens with zero attached hydrogens (tertiary/aromatic N) is 2. The van der Waals surface area contributed by atoms with Crippen LogP contribution in [0.1, 0.15) is 39.9 Å². The molecule has 1 aromatic heterocycles. The number of pyridine rings is 1. The minimum atomic E-state index is -0.353. The van der Waals surface area contributed by atoms with Crippen molar-refractivity contribution in [3.8, 4) is 0 Å². The molecule has 3 amide bonds. The smallest absolute Gasteiger partial charge is 0.323 e. The van der Waals surface area contributed by atoms with E-state index in [0.717, 1.165) is 48.4 Å². The minimum Gasteiger partial charge on any atom is -0.371 e. The molecule has 0 radical (unpaired) electrons. The Morgan fingerprint density at radius 3 is 2.36 bits per heavy atom. The zero-order chi connectivity index (χ0) is 23.2. The summed E-state index contributed by atoms with van der Waals surface area (Å²) >= 11 is 0. The van der Waals surface area contributed by atoms with Gasteiger partial charge in [-0.2, -0.15) is 0 Å². The third-order valence-corrected chi connectivity index (χ3v) is 5.89. The van der Waals surface area contributed by atoms with Gasteiger partial charge in [0.15, 0.2) is 0 Å². The van der Waals surface area contributed by atoms with Gasteiger partial charge in [-0.05, 0) is 79.8 Å². The van der Waals surface area contributed by atoms with E-state index in [-0.39, 0.29) is 11.9 Å². The van der Waals surface area contributed by atoms with Gasteiger partial charge in [-0.25, -0.2) is 4.79 Å². The van der Waals surface area contributed by atoms with E-state index in [1.54, 1.807) is 18.5 Å². The Balaban J connectivity index is 1.50. The van der Waals surface area contributed by atoms with Crippen molar-refractivity contribution in [1.29, 1.82) is 0 Å². The highest BCUT2D eigenvalue weighted by molar-refractivity contribution is 6.04. The first kappa shape index (κ1) is 22.3. The summed E-state index contributed by atoms with van der Waals surface area (Å²) in [7, 11) is 0. The Bertz CT molecular complexity index is 1140. The van der Waals surface area contributed by atoms with E-state index in [1.807, 2.05) is 56.3 Å². The highest BCUT2D eigenvalue weighted by atomic mass is 16.2. The maximum Gasteiger partial charge on any atom is 0.323 e. The molecule has 3 aromatic rings. The molecule has 1 saturated heterocycles. The number of amides is 3. The molecule has 0 atom stereocenters. The Kier molecular flexibility index (Phi) is 6.88. The van der Waals surface area contributed by atoms with Crippen molar-refractivity contribution in [2.75, 3.05) is 28.6 Å². The highest BCUT2D eigenvalue weighted by Gasteiger charge is 2.20. The van der Waals surface area contributed by atoms with Crippen LogP contribution in [0.5, 0.6) is 0 Å². The van der Waals surface area contributed by atoms with Crippen LogP contribution in [0.2, 0.25) is 0 Å². The molecule has 3 N–H and O–H groups in total. The van der Waals surface area contributed by atoms with Crippen LogP contribution < -0.4 is 20.9 Å². The van der Waals surface area contributed by atoms with Gasteiger partial charge in [0.05, 0.1) is 5.56 Å². The highest BCUT2D eigenvalue weighted by Crippen LogP contribution is 2.28. The summed E-state index contributed by atoms with van der Waals surface area (Å²) in [5.74, 6) is -0.182. The van der Waals surface area contributed by atoms with Gasteiger partial charge in [-0.3, -0.25) is 9.78 Å². The fourth-order valence-electron chi connectivity index (χ4n) is 3.92. The normalized spacial score (nSPS) is 13.0. The minimum absolute atomic E-state index is 0.182. The molecule has 170 valence electrons. The summed E-state index contributed by atoms with van der Waals surface area (Å²) < 4.78 is 0. The maximum absolute atomic E-state index is 13.1. The Morgan fingerprint density at radius 2 is 1.67 bits per heavy atom. The second-order valence-electron chi connectivity index (χ2n) is 8.35. The molecule has 0 saturated carbocycles. The summed E-state index contributed by atoms with van der Waals surface area (Å²) in [6.45, 7) is 6.26. The predicted octanol–water partition coefficient (Wildman–Crippen LogP) is 4.87. The third-order valence-electron chi connectivity index (χ3n) is 5.89. The summed E-state index contributed by atoms with van der Waals surface area (Å²) in [6.07, 6.45) is 5.65. The SMILES string of the molecule is Cc1ccc(NC(=O)Nc2ccc(N3CCCC3)c(C(=O)NCc3cccnc3)c2)cc1C. The number of carbonyl (C=O) groups excluding carboxylic acids is 2. The largest absolute Gasteiger partial charge is 0.371 e. The maximum atomic E-state index is 13.1. The van der Waals surface area contributed by atoms with Crippen LogP contribution in [0, 0.1) is 13.8 Å². The average Bonchev–Trinajstić information content (AvgIpc) is 3.35. The molecule has 2 heterocycles. The van der Waals surface area contributed by atoms with Crippen LogP contribution in [0.25, 0.3) is 0 Å². The van der Waals surface area contributed by atoms with Gasteiger partial charge < -0.3 is 20.9 Å². The van der Waals surface area contributed by atoms with E-state index in [9.17, 15) is 9.59 Å². The fraction of sp³-hybridized carbons (Fsp3) is 0.269. The molecule has 2 aromatic carbocycles. The number of aromatic nitrogens is 1. The monoisotopic (exact) mass is 443 g/mol. The van der Waals surface area contributed by atoms with E-state index in [2.05, 4.69) is 25.8 Å². The van der Waals surface area contributed by atoms with Gasteiger partial charge in [0.25, 0.3) is 5.91 Å². The van der Waals surface area contributed by atoms with Gasteiger partial charge in [-0.15, -0.1) is 0 Å². The van der Waals surface area contributed by atoms with Crippen LogP contribution in [-0.4, -0.2) is 30.0 Å². The van der Waals surface area contributed by atoms with Crippen molar-refractivity contribution >= 4 is 29.0 Å². The van der Waals surface area contributed by atoms with Crippen LogP contribution >= 0.6 is 0 Å². The molecule has 0 unspecified atom stereocenters. The van der Waals surface area contributed by atoms with Crippen LogP contribution in [0.3, 0.4) is 0 Å². The number of carbonyl (C=O) groups is 2. The summed E-state index contributed by atoms with van der Waals surface area (Å²) in [5, 5.41) is 8.69. The molecule has 1 aliphatic rings. The lowest BCUT2D eigenvalue weighted by Gasteiger charge is -2.22. The zero-order valence-corrected chi connectivity index (χ0v) is 19.0. The number of rotatable bonds is 6. The first-order chi connectivity index (χ1) is 16.0. The van der Waals surface area contributed by atoms with Crippen LogP contribution in [-0.2, 0) is 6.54 Å². The predicted molar refractivity (Wildman–Crippen MR) is 132 cm³/mol. The fourth-order valence-corrected chi connectivity index (χ4v) is 3.92. The second kappa shape index (κ2) is 10.2. The number of nitrogens with one attached hydrogen (secondary N) is 3. The quantitative estimate of drug-likeness (QED) is 0.507. The summed E-state index contributed by atoms with van der Waals surface area (Å²) in [5.41, 5.74) is 5.91.